The number of aryl methyl sites for hydroxylation is 1. The Balaban J connectivity index is 1.58. The molecule has 7 nitrogen and oxygen atoms in total. The molecular weight excluding hydrogens is 448 g/mol. The number of aromatic nitrogens is 4. The fourth-order valence-corrected chi connectivity index (χ4v) is 4.14. The molecular formula is C29H26N6O. The van der Waals surface area contributed by atoms with E-state index >= 15 is 0 Å². The predicted octanol–water partition coefficient (Wildman–Crippen LogP) is 5.46. The number of benzene rings is 3. The van der Waals surface area contributed by atoms with E-state index in [2.05, 4.69) is 41.1 Å². The van der Waals surface area contributed by atoms with Crippen LogP contribution in [-0.4, -0.2) is 25.4 Å². The van der Waals surface area contributed by atoms with Crippen LogP contribution in [0.1, 0.15) is 17.0 Å². The van der Waals surface area contributed by atoms with Gasteiger partial charge in [-0.05, 0) is 42.3 Å². The highest BCUT2D eigenvalue weighted by Gasteiger charge is 2.19. The van der Waals surface area contributed by atoms with Gasteiger partial charge in [0, 0.05) is 18.8 Å². The van der Waals surface area contributed by atoms with Gasteiger partial charge in [-0.1, -0.05) is 73.3 Å². The monoisotopic (exact) mass is 474 g/mol. The van der Waals surface area contributed by atoms with Crippen LogP contribution < -0.4 is 10.2 Å². The normalized spacial score (nSPS) is 10.8. The fraction of sp³-hybridized carbons (Fsp3) is 0.103. The quantitative estimate of drug-likeness (QED) is 0.303. The van der Waals surface area contributed by atoms with E-state index in [4.69, 9.17) is 15.0 Å². The Morgan fingerprint density at radius 2 is 1.61 bits per heavy atom. The van der Waals surface area contributed by atoms with E-state index in [1.807, 2.05) is 72.2 Å². The van der Waals surface area contributed by atoms with Crippen molar-refractivity contribution in [3.63, 3.8) is 0 Å². The highest BCUT2D eigenvalue weighted by atomic mass is 16.1. The van der Waals surface area contributed by atoms with E-state index < -0.39 is 0 Å². The topological polar surface area (TPSA) is 75.9 Å². The number of amides is 1. The molecule has 7 heteroatoms. The van der Waals surface area contributed by atoms with Gasteiger partial charge in [-0.15, -0.1) is 0 Å². The van der Waals surface area contributed by atoms with Gasteiger partial charge in [-0.25, -0.2) is 15.0 Å². The number of carbonyl (C=O) groups is 1. The number of hydrogen-bond donors (Lipinski definition) is 1. The Kier molecular flexibility index (Phi) is 6.53. The summed E-state index contributed by atoms with van der Waals surface area (Å²) < 4.78 is 1.92. The van der Waals surface area contributed by atoms with Crippen molar-refractivity contribution in [3.05, 3.63) is 121 Å². The summed E-state index contributed by atoms with van der Waals surface area (Å²) in [5.74, 6) is 1.17. The summed E-state index contributed by atoms with van der Waals surface area (Å²) in [6.07, 6.45) is 3.00. The first-order valence-electron chi connectivity index (χ1n) is 11.7. The molecule has 178 valence electrons. The van der Waals surface area contributed by atoms with Crippen LogP contribution >= 0.6 is 0 Å². The van der Waals surface area contributed by atoms with Crippen LogP contribution in [-0.2, 0) is 17.9 Å². The molecule has 0 unspecified atom stereocenters. The number of nitrogens with one attached hydrogen (secondary N) is 1. The number of hydrogen-bond acceptors (Lipinski definition) is 5. The van der Waals surface area contributed by atoms with Crippen LogP contribution in [0.2, 0.25) is 0 Å². The number of carbonyl (C=O) groups excluding carboxylic acids is 1. The minimum Gasteiger partial charge on any atom is -0.346 e. The Morgan fingerprint density at radius 3 is 2.25 bits per heavy atom. The first-order valence-corrected chi connectivity index (χ1v) is 11.7. The second-order valence-corrected chi connectivity index (χ2v) is 8.45. The number of nitrogens with zero attached hydrogens (tertiary/aromatic N) is 5. The molecule has 1 N–H and O–H groups in total. The van der Waals surface area contributed by atoms with Crippen molar-refractivity contribution in [1.82, 2.24) is 19.5 Å². The molecule has 0 bridgehead atoms. The number of imidazole rings is 1. The van der Waals surface area contributed by atoms with E-state index in [0.717, 1.165) is 11.5 Å². The third-order valence-electron chi connectivity index (χ3n) is 5.80. The smallest absolute Gasteiger partial charge is 0.247 e. The molecule has 2 aromatic heterocycles. The largest absolute Gasteiger partial charge is 0.346 e. The van der Waals surface area contributed by atoms with Crippen molar-refractivity contribution < 1.29 is 4.79 Å². The van der Waals surface area contributed by atoms with Gasteiger partial charge in [-0.3, -0.25) is 9.36 Å². The van der Waals surface area contributed by atoms with Crippen molar-refractivity contribution in [1.29, 1.82) is 0 Å². The summed E-state index contributed by atoms with van der Waals surface area (Å²) in [6.45, 7) is 6.77. The van der Waals surface area contributed by atoms with E-state index in [1.54, 1.807) is 6.33 Å². The summed E-state index contributed by atoms with van der Waals surface area (Å²) in [5, 5.41) is 2.81. The van der Waals surface area contributed by atoms with E-state index in [1.165, 1.54) is 17.2 Å². The highest BCUT2D eigenvalue weighted by Crippen LogP contribution is 2.28. The minimum atomic E-state index is -0.263. The third kappa shape index (κ3) is 5.00. The maximum atomic E-state index is 11.8. The molecule has 0 aliphatic rings. The Hall–Kier alpha value is -4.78. The van der Waals surface area contributed by atoms with Crippen molar-refractivity contribution in [2.45, 2.75) is 20.0 Å². The van der Waals surface area contributed by atoms with Gasteiger partial charge < -0.3 is 10.2 Å². The van der Waals surface area contributed by atoms with Gasteiger partial charge >= 0.3 is 0 Å². The van der Waals surface area contributed by atoms with Gasteiger partial charge in [0.15, 0.2) is 17.0 Å². The van der Waals surface area contributed by atoms with Crippen LogP contribution in [0.25, 0.3) is 16.9 Å². The molecule has 0 radical (unpaired) electrons. The van der Waals surface area contributed by atoms with Crippen LogP contribution in [0.3, 0.4) is 0 Å². The molecule has 5 rings (SSSR count). The summed E-state index contributed by atoms with van der Waals surface area (Å²) in [7, 11) is 0. The van der Waals surface area contributed by atoms with Gasteiger partial charge in [0.25, 0.3) is 0 Å². The minimum absolute atomic E-state index is 0.263. The Labute approximate surface area is 209 Å². The van der Waals surface area contributed by atoms with Crippen LogP contribution in [0.15, 0.2) is 104 Å². The summed E-state index contributed by atoms with van der Waals surface area (Å²) >= 11 is 0. The maximum absolute atomic E-state index is 11.8. The Bertz CT molecular complexity index is 1470. The zero-order valence-corrected chi connectivity index (χ0v) is 20.0. The molecule has 0 aliphatic carbocycles. The molecule has 0 atom stereocenters. The average Bonchev–Trinajstić information content (AvgIpc) is 3.33. The highest BCUT2D eigenvalue weighted by molar-refractivity contribution is 5.99. The van der Waals surface area contributed by atoms with Gasteiger partial charge in [0.2, 0.25) is 5.91 Å². The van der Waals surface area contributed by atoms with Crippen molar-refractivity contribution in [2.24, 2.45) is 0 Å². The number of fused-ring (bicyclic) bond motifs is 1. The lowest BCUT2D eigenvalue weighted by Crippen LogP contribution is -2.24. The first-order chi connectivity index (χ1) is 17.6. The third-order valence-corrected chi connectivity index (χ3v) is 5.80. The first kappa shape index (κ1) is 23.0. The van der Waals surface area contributed by atoms with Gasteiger partial charge in [0.1, 0.15) is 12.2 Å². The van der Waals surface area contributed by atoms with Crippen LogP contribution in [0, 0.1) is 6.92 Å². The molecule has 2 heterocycles. The second-order valence-electron chi connectivity index (χ2n) is 8.45. The predicted molar refractivity (Wildman–Crippen MR) is 143 cm³/mol. The second kappa shape index (κ2) is 10.2. The lowest BCUT2D eigenvalue weighted by Gasteiger charge is -2.24. The van der Waals surface area contributed by atoms with E-state index in [-0.39, 0.29) is 5.91 Å². The standard InChI is InChI=1S/C29H26N6O/c1-3-26(36)33-24-15-10-16-25(17-24)35-20-30-27-28(31-21(2)32-29(27)35)34(18-22-11-6-4-7-12-22)19-23-13-8-5-9-14-23/h3-17,20H,1,18-19H2,2H3,(H,33,36). The molecule has 0 fully saturated rings. The summed E-state index contributed by atoms with van der Waals surface area (Å²) in [4.78, 5) is 28.3. The van der Waals surface area contributed by atoms with Crippen LogP contribution in [0.5, 0.6) is 0 Å². The fourth-order valence-electron chi connectivity index (χ4n) is 4.14. The molecule has 0 aliphatic heterocycles. The summed E-state index contributed by atoms with van der Waals surface area (Å²) in [5.41, 5.74) is 5.29. The maximum Gasteiger partial charge on any atom is 0.247 e. The SMILES string of the molecule is C=CC(=O)Nc1cccc(-n2cnc3c(N(Cc4ccccc4)Cc4ccccc4)nc(C)nc32)c1. The lowest BCUT2D eigenvalue weighted by molar-refractivity contribution is -0.111. The Morgan fingerprint density at radius 1 is 0.944 bits per heavy atom. The van der Waals surface area contributed by atoms with Crippen molar-refractivity contribution in [2.75, 3.05) is 10.2 Å². The molecule has 1 amide bonds. The zero-order chi connectivity index (χ0) is 24.9. The van der Waals surface area contributed by atoms with Crippen molar-refractivity contribution >= 4 is 28.6 Å². The molecule has 36 heavy (non-hydrogen) atoms. The van der Waals surface area contributed by atoms with E-state index in [9.17, 15) is 4.79 Å². The van der Waals surface area contributed by atoms with E-state index in [0.29, 0.717) is 35.8 Å². The lowest BCUT2D eigenvalue weighted by atomic mass is 10.1. The molecule has 3 aromatic carbocycles. The molecule has 5 aromatic rings. The van der Waals surface area contributed by atoms with Gasteiger partial charge in [-0.2, -0.15) is 0 Å². The number of anilines is 2. The molecule has 0 saturated heterocycles. The summed E-state index contributed by atoms with van der Waals surface area (Å²) in [6, 6.07) is 28.2. The van der Waals surface area contributed by atoms with Crippen LogP contribution in [0.4, 0.5) is 11.5 Å². The van der Waals surface area contributed by atoms with Gasteiger partial charge in [0.05, 0.1) is 5.69 Å². The molecule has 0 saturated carbocycles. The average molecular weight is 475 g/mol. The van der Waals surface area contributed by atoms with Crippen molar-refractivity contribution in [3.8, 4) is 5.69 Å². The zero-order valence-electron chi connectivity index (χ0n) is 20.0. The molecule has 0 spiro atoms. The number of rotatable bonds is 8.